The minimum atomic E-state index is -4.78. The van der Waals surface area contributed by atoms with Crippen molar-refractivity contribution in [1.29, 1.82) is 0 Å². The molecular weight excluding hydrogens is 265 g/mol. The topological polar surface area (TPSA) is 44.8 Å². The van der Waals surface area contributed by atoms with E-state index in [0.29, 0.717) is 0 Å². The Bertz CT molecular complexity index is 480. The van der Waals surface area contributed by atoms with Gasteiger partial charge in [0.05, 0.1) is 13.0 Å². The van der Waals surface area contributed by atoms with E-state index < -0.39 is 18.1 Å². The van der Waals surface area contributed by atoms with Crippen LogP contribution in [0.4, 0.5) is 13.2 Å². The van der Waals surface area contributed by atoms with E-state index in [4.69, 9.17) is 9.47 Å². The quantitative estimate of drug-likeness (QED) is 0.626. The molecule has 0 aromatic heterocycles. The molecule has 0 bridgehead atoms. The highest BCUT2D eigenvalue weighted by Crippen LogP contribution is 2.36. The fourth-order valence-electron chi connectivity index (χ4n) is 1.44. The summed E-state index contributed by atoms with van der Waals surface area (Å²) in [5.74, 6) is -0.862. The number of halogens is 3. The molecule has 1 aromatic carbocycles. The van der Waals surface area contributed by atoms with E-state index in [2.05, 4.69) is 4.74 Å². The summed E-state index contributed by atoms with van der Waals surface area (Å²) < 4.78 is 49.8. The van der Waals surface area contributed by atoms with Gasteiger partial charge >= 0.3 is 12.3 Å². The highest BCUT2D eigenvalue weighted by atomic mass is 19.4. The SMILES string of the molecule is COc1cc(OC(F)(F)F)ccc1OC(=O)C1CC1. The van der Waals surface area contributed by atoms with Crippen molar-refractivity contribution < 1.29 is 32.2 Å². The van der Waals surface area contributed by atoms with Crippen LogP contribution in [0.25, 0.3) is 0 Å². The lowest BCUT2D eigenvalue weighted by Gasteiger charge is -2.12. The van der Waals surface area contributed by atoms with Gasteiger partial charge in [-0.25, -0.2) is 0 Å². The minimum Gasteiger partial charge on any atom is -0.493 e. The molecule has 0 radical (unpaired) electrons. The zero-order valence-electron chi connectivity index (χ0n) is 9.99. The average molecular weight is 276 g/mol. The normalized spacial score (nSPS) is 14.9. The van der Waals surface area contributed by atoms with Gasteiger partial charge in [-0.05, 0) is 25.0 Å². The van der Waals surface area contributed by atoms with E-state index in [1.54, 1.807) is 0 Å². The number of alkyl halides is 3. The lowest BCUT2D eigenvalue weighted by Crippen LogP contribution is -2.17. The summed E-state index contributed by atoms with van der Waals surface area (Å²) in [6, 6.07) is 3.29. The Morgan fingerprint density at radius 1 is 1.26 bits per heavy atom. The van der Waals surface area contributed by atoms with Crippen LogP contribution in [0.3, 0.4) is 0 Å². The number of ether oxygens (including phenoxy) is 3. The van der Waals surface area contributed by atoms with E-state index in [9.17, 15) is 18.0 Å². The molecular formula is C12H11F3O4. The molecule has 0 atom stereocenters. The first kappa shape index (κ1) is 13.5. The molecule has 0 spiro atoms. The summed E-state index contributed by atoms with van der Waals surface area (Å²) in [7, 11) is 1.27. The van der Waals surface area contributed by atoms with E-state index in [1.807, 2.05) is 0 Å². The first-order valence-corrected chi connectivity index (χ1v) is 5.54. The number of esters is 1. The predicted octanol–water partition coefficient (Wildman–Crippen LogP) is 2.91. The molecule has 4 nitrogen and oxygen atoms in total. The molecule has 0 amide bonds. The van der Waals surface area contributed by atoms with Gasteiger partial charge in [0.1, 0.15) is 5.75 Å². The summed E-state index contributed by atoms with van der Waals surface area (Å²) >= 11 is 0. The number of carbonyl (C=O) groups is 1. The van der Waals surface area contributed by atoms with Crippen molar-refractivity contribution >= 4 is 5.97 Å². The maximum atomic E-state index is 12.1. The summed E-state index contributed by atoms with van der Waals surface area (Å²) in [6.07, 6.45) is -3.23. The monoisotopic (exact) mass is 276 g/mol. The zero-order valence-corrected chi connectivity index (χ0v) is 9.99. The lowest BCUT2D eigenvalue weighted by atomic mass is 10.3. The Labute approximate surface area is 107 Å². The van der Waals surface area contributed by atoms with Crippen LogP contribution >= 0.6 is 0 Å². The number of methoxy groups -OCH3 is 1. The molecule has 1 aliphatic carbocycles. The van der Waals surface area contributed by atoms with E-state index in [-0.39, 0.29) is 17.4 Å². The lowest BCUT2D eigenvalue weighted by molar-refractivity contribution is -0.274. The Morgan fingerprint density at radius 3 is 2.47 bits per heavy atom. The van der Waals surface area contributed by atoms with Gasteiger partial charge in [0, 0.05) is 6.07 Å². The molecule has 1 fully saturated rings. The molecule has 0 unspecified atom stereocenters. The molecule has 0 N–H and O–H groups in total. The molecule has 1 aliphatic rings. The summed E-state index contributed by atoms with van der Waals surface area (Å²) in [5.41, 5.74) is 0. The van der Waals surface area contributed by atoms with Gasteiger partial charge < -0.3 is 14.2 Å². The van der Waals surface area contributed by atoms with Gasteiger partial charge in [-0.15, -0.1) is 13.2 Å². The standard InChI is InChI=1S/C12H11F3O4/c1-17-10-6-8(19-12(13,14)15)4-5-9(10)18-11(16)7-2-3-7/h4-7H,2-3H2,1H3. The van der Waals surface area contributed by atoms with Crippen LogP contribution in [0.1, 0.15) is 12.8 Å². The van der Waals surface area contributed by atoms with Crippen LogP contribution in [0.2, 0.25) is 0 Å². The van der Waals surface area contributed by atoms with Crippen molar-refractivity contribution in [3.8, 4) is 17.2 Å². The second-order valence-electron chi connectivity index (χ2n) is 4.06. The first-order valence-electron chi connectivity index (χ1n) is 5.54. The van der Waals surface area contributed by atoms with Gasteiger partial charge in [0.2, 0.25) is 0 Å². The predicted molar refractivity (Wildman–Crippen MR) is 58.0 cm³/mol. The van der Waals surface area contributed by atoms with Crippen molar-refractivity contribution in [3.63, 3.8) is 0 Å². The zero-order chi connectivity index (χ0) is 14.0. The first-order chi connectivity index (χ1) is 8.89. The number of rotatable bonds is 4. The van der Waals surface area contributed by atoms with Gasteiger partial charge in [0.25, 0.3) is 0 Å². The van der Waals surface area contributed by atoms with Crippen LogP contribution in [0.5, 0.6) is 17.2 Å². The Balaban J connectivity index is 2.13. The van der Waals surface area contributed by atoms with E-state index in [0.717, 1.165) is 25.0 Å². The van der Waals surface area contributed by atoms with Gasteiger partial charge in [-0.3, -0.25) is 4.79 Å². The highest BCUT2D eigenvalue weighted by Gasteiger charge is 2.33. The van der Waals surface area contributed by atoms with Crippen LogP contribution in [-0.4, -0.2) is 19.4 Å². The fourth-order valence-corrected chi connectivity index (χ4v) is 1.44. The molecule has 19 heavy (non-hydrogen) atoms. The summed E-state index contributed by atoms with van der Waals surface area (Å²) in [6.45, 7) is 0. The molecule has 7 heteroatoms. The van der Waals surface area contributed by atoms with Gasteiger partial charge in [0.15, 0.2) is 11.5 Å². The third-order valence-corrected chi connectivity index (χ3v) is 2.49. The summed E-state index contributed by atoms with van der Waals surface area (Å²) in [5, 5.41) is 0. The number of carbonyl (C=O) groups excluding carboxylic acids is 1. The van der Waals surface area contributed by atoms with Gasteiger partial charge in [-0.1, -0.05) is 0 Å². The van der Waals surface area contributed by atoms with Gasteiger partial charge in [-0.2, -0.15) is 0 Å². The number of hydrogen-bond donors (Lipinski definition) is 0. The second kappa shape index (κ2) is 4.99. The largest absolute Gasteiger partial charge is 0.573 e. The minimum absolute atomic E-state index is 0.00995. The highest BCUT2D eigenvalue weighted by molar-refractivity contribution is 5.78. The molecule has 104 valence electrons. The Morgan fingerprint density at radius 2 is 1.95 bits per heavy atom. The van der Waals surface area contributed by atoms with Crippen molar-refractivity contribution in [2.75, 3.05) is 7.11 Å². The Kier molecular flexibility index (Phi) is 3.55. The van der Waals surface area contributed by atoms with E-state index >= 15 is 0 Å². The third kappa shape index (κ3) is 3.77. The third-order valence-electron chi connectivity index (χ3n) is 2.49. The molecule has 2 rings (SSSR count). The molecule has 0 aliphatic heterocycles. The van der Waals surface area contributed by atoms with Crippen molar-refractivity contribution in [3.05, 3.63) is 18.2 Å². The second-order valence-corrected chi connectivity index (χ2v) is 4.06. The molecule has 1 saturated carbocycles. The number of hydrogen-bond acceptors (Lipinski definition) is 4. The fraction of sp³-hybridized carbons (Fsp3) is 0.417. The average Bonchev–Trinajstić information content (AvgIpc) is 3.12. The number of benzene rings is 1. The van der Waals surface area contributed by atoms with Crippen LogP contribution in [0.15, 0.2) is 18.2 Å². The molecule has 0 saturated heterocycles. The van der Waals surface area contributed by atoms with Crippen molar-refractivity contribution in [1.82, 2.24) is 0 Å². The summed E-state index contributed by atoms with van der Waals surface area (Å²) in [4.78, 5) is 11.5. The van der Waals surface area contributed by atoms with E-state index in [1.165, 1.54) is 13.2 Å². The van der Waals surface area contributed by atoms with Crippen molar-refractivity contribution in [2.24, 2.45) is 5.92 Å². The maximum absolute atomic E-state index is 12.1. The molecule has 0 heterocycles. The van der Waals surface area contributed by atoms with Crippen LogP contribution in [0, 0.1) is 5.92 Å². The maximum Gasteiger partial charge on any atom is 0.573 e. The van der Waals surface area contributed by atoms with Crippen molar-refractivity contribution in [2.45, 2.75) is 19.2 Å². The smallest absolute Gasteiger partial charge is 0.493 e. The van der Waals surface area contributed by atoms with Crippen LogP contribution in [-0.2, 0) is 4.79 Å². The Hall–Kier alpha value is -1.92. The molecule has 1 aromatic rings. The van der Waals surface area contributed by atoms with Crippen LogP contribution < -0.4 is 14.2 Å².